The average Bonchev–Trinajstić information content (AvgIpc) is 2.36. The summed E-state index contributed by atoms with van der Waals surface area (Å²) in [5, 5.41) is 9.73. The smallest absolute Gasteiger partial charge is 0.217 e. The van der Waals surface area contributed by atoms with Crippen LogP contribution in [0.2, 0.25) is 0 Å². The summed E-state index contributed by atoms with van der Waals surface area (Å²) in [6.45, 7) is 9.01. The van der Waals surface area contributed by atoms with Crippen molar-refractivity contribution in [1.29, 1.82) is 0 Å². The Morgan fingerprint density at radius 1 is 1.38 bits per heavy atom. The maximum atomic E-state index is 9.73. The van der Waals surface area contributed by atoms with Gasteiger partial charge in [0, 0.05) is 13.1 Å². The Morgan fingerprint density at radius 2 is 1.92 bits per heavy atom. The van der Waals surface area contributed by atoms with Gasteiger partial charge < -0.3 is 9.67 Å². The molecule has 1 aromatic heterocycles. The molecule has 4 heteroatoms. The molecule has 1 heterocycles. The SMILES string of the molecule is C=Cc1c(O)n(CC)c(=S)n1CC. The molecule has 0 aliphatic rings. The summed E-state index contributed by atoms with van der Waals surface area (Å²) in [4.78, 5) is 0. The van der Waals surface area contributed by atoms with Gasteiger partial charge in [0.05, 0.1) is 0 Å². The summed E-state index contributed by atoms with van der Waals surface area (Å²) in [7, 11) is 0. The van der Waals surface area contributed by atoms with Gasteiger partial charge in [0.25, 0.3) is 0 Å². The fourth-order valence-corrected chi connectivity index (χ4v) is 1.83. The first kappa shape index (κ1) is 10.1. The van der Waals surface area contributed by atoms with Crippen molar-refractivity contribution < 1.29 is 5.11 Å². The Kier molecular flexibility index (Phi) is 2.93. The summed E-state index contributed by atoms with van der Waals surface area (Å²) in [6.07, 6.45) is 1.63. The molecule has 0 saturated carbocycles. The number of aromatic nitrogens is 2. The van der Waals surface area contributed by atoms with E-state index in [-0.39, 0.29) is 5.88 Å². The number of rotatable bonds is 3. The van der Waals surface area contributed by atoms with Crippen molar-refractivity contribution in [2.24, 2.45) is 0 Å². The van der Waals surface area contributed by atoms with Crippen LogP contribution in [0, 0.1) is 4.77 Å². The lowest BCUT2D eigenvalue weighted by molar-refractivity contribution is 0.419. The lowest BCUT2D eigenvalue weighted by atomic mass is 10.4. The van der Waals surface area contributed by atoms with Crippen LogP contribution in [0.5, 0.6) is 5.88 Å². The van der Waals surface area contributed by atoms with E-state index in [2.05, 4.69) is 6.58 Å². The summed E-state index contributed by atoms with van der Waals surface area (Å²) in [5.74, 6) is 0.212. The van der Waals surface area contributed by atoms with E-state index in [0.717, 1.165) is 6.54 Å². The van der Waals surface area contributed by atoms with Gasteiger partial charge in [-0.1, -0.05) is 6.58 Å². The second-order valence-electron chi connectivity index (χ2n) is 2.68. The Balaban J connectivity index is 3.51. The molecule has 72 valence electrons. The molecule has 0 atom stereocenters. The zero-order chi connectivity index (χ0) is 10.0. The van der Waals surface area contributed by atoms with Crippen molar-refractivity contribution in [3.05, 3.63) is 17.0 Å². The van der Waals surface area contributed by atoms with Gasteiger partial charge >= 0.3 is 0 Å². The minimum Gasteiger partial charge on any atom is -0.493 e. The first-order valence-corrected chi connectivity index (χ1v) is 4.72. The van der Waals surface area contributed by atoms with E-state index in [1.165, 1.54) is 0 Å². The lowest BCUT2D eigenvalue weighted by Gasteiger charge is -1.98. The lowest BCUT2D eigenvalue weighted by Crippen LogP contribution is -1.98. The van der Waals surface area contributed by atoms with Gasteiger partial charge in [0.2, 0.25) is 5.88 Å². The van der Waals surface area contributed by atoms with Crippen molar-refractivity contribution in [2.75, 3.05) is 0 Å². The van der Waals surface area contributed by atoms with Crippen LogP contribution in [0.25, 0.3) is 6.08 Å². The monoisotopic (exact) mass is 198 g/mol. The Hall–Kier alpha value is -1.03. The molecule has 0 aliphatic carbocycles. The maximum absolute atomic E-state index is 9.73. The first-order valence-electron chi connectivity index (χ1n) is 4.32. The van der Waals surface area contributed by atoms with E-state index < -0.39 is 0 Å². The van der Waals surface area contributed by atoms with Crippen LogP contribution in [0.4, 0.5) is 0 Å². The van der Waals surface area contributed by atoms with Crippen molar-refractivity contribution in [3.8, 4) is 5.88 Å². The molecule has 0 unspecified atom stereocenters. The van der Waals surface area contributed by atoms with Crippen LogP contribution < -0.4 is 0 Å². The molecular weight excluding hydrogens is 184 g/mol. The molecule has 1 aromatic rings. The third kappa shape index (κ3) is 1.42. The molecule has 3 nitrogen and oxygen atoms in total. The highest BCUT2D eigenvalue weighted by molar-refractivity contribution is 7.71. The first-order chi connectivity index (χ1) is 6.17. The molecule has 0 aliphatic heterocycles. The minimum absolute atomic E-state index is 0.212. The molecule has 1 N–H and O–H groups in total. The van der Waals surface area contributed by atoms with Gasteiger partial charge in [0.15, 0.2) is 4.77 Å². The number of hydrogen-bond acceptors (Lipinski definition) is 2. The zero-order valence-corrected chi connectivity index (χ0v) is 8.77. The third-order valence-corrected chi connectivity index (χ3v) is 2.50. The number of imidazole rings is 1. The average molecular weight is 198 g/mol. The van der Waals surface area contributed by atoms with Crippen LogP contribution in [0.3, 0.4) is 0 Å². The molecule has 0 amide bonds. The fourth-order valence-electron chi connectivity index (χ4n) is 1.39. The van der Waals surface area contributed by atoms with E-state index >= 15 is 0 Å². The van der Waals surface area contributed by atoms with Gasteiger partial charge in [-0.2, -0.15) is 0 Å². The molecule has 0 radical (unpaired) electrons. The quantitative estimate of drug-likeness (QED) is 0.756. The molecule has 1 rings (SSSR count). The fraction of sp³-hybridized carbons (Fsp3) is 0.444. The molecular formula is C9H14N2OS. The Bertz CT molecular complexity index is 376. The molecule has 0 saturated heterocycles. The van der Waals surface area contributed by atoms with Gasteiger partial charge in [-0.3, -0.25) is 4.57 Å². The van der Waals surface area contributed by atoms with Crippen LogP contribution in [-0.2, 0) is 13.1 Å². The topological polar surface area (TPSA) is 30.1 Å². The largest absolute Gasteiger partial charge is 0.493 e. The normalized spacial score (nSPS) is 10.3. The summed E-state index contributed by atoms with van der Waals surface area (Å²) in [5.41, 5.74) is 0.703. The van der Waals surface area contributed by atoms with Crippen LogP contribution in [0.1, 0.15) is 19.5 Å². The second kappa shape index (κ2) is 3.79. The predicted molar refractivity (Wildman–Crippen MR) is 56.4 cm³/mol. The standard InChI is InChI=1S/C9H14N2OS/c1-4-7-8(12)11(6-3)9(13)10(7)5-2/h4,12H,1,5-6H2,2-3H3. The number of hydrogen-bond donors (Lipinski definition) is 1. The molecule has 0 spiro atoms. The molecule has 0 fully saturated rings. The Morgan fingerprint density at radius 3 is 2.23 bits per heavy atom. The van der Waals surface area contributed by atoms with Gasteiger partial charge in [-0.05, 0) is 32.1 Å². The van der Waals surface area contributed by atoms with E-state index in [1.807, 2.05) is 18.4 Å². The van der Waals surface area contributed by atoms with Crippen molar-refractivity contribution in [2.45, 2.75) is 26.9 Å². The predicted octanol–water partition coefficient (Wildman–Crippen LogP) is 2.41. The maximum Gasteiger partial charge on any atom is 0.217 e. The molecule has 13 heavy (non-hydrogen) atoms. The molecule has 0 aromatic carbocycles. The van der Waals surface area contributed by atoms with Crippen LogP contribution >= 0.6 is 12.2 Å². The van der Waals surface area contributed by atoms with Gasteiger partial charge in [-0.15, -0.1) is 0 Å². The number of nitrogens with zero attached hydrogens (tertiary/aromatic N) is 2. The van der Waals surface area contributed by atoms with Crippen molar-refractivity contribution in [3.63, 3.8) is 0 Å². The number of aromatic hydroxyl groups is 1. The summed E-state index contributed by atoms with van der Waals surface area (Å²) >= 11 is 5.18. The van der Waals surface area contributed by atoms with Crippen molar-refractivity contribution in [1.82, 2.24) is 9.13 Å². The van der Waals surface area contributed by atoms with E-state index in [0.29, 0.717) is 17.0 Å². The van der Waals surface area contributed by atoms with E-state index in [9.17, 15) is 5.11 Å². The van der Waals surface area contributed by atoms with E-state index in [1.54, 1.807) is 10.6 Å². The van der Waals surface area contributed by atoms with Crippen LogP contribution in [0.15, 0.2) is 6.58 Å². The third-order valence-electron chi connectivity index (χ3n) is 2.06. The highest BCUT2D eigenvalue weighted by Crippen LogP contribution is 2.21. The highest BCUT2D eigenvalue weighted by Gasteiger charge is 2.11. The molecule has 0 bridgehead atoms. The van der Waals surface area contributed by atoms with Crippen molar-refractivity contribution >= 4 is 18.3 Å². The summed E-state index contributed by atoms with van der Waals surface area (Å²) < 4.78 is 4.20. The summed E-state index contributed by atoms with van der Waals surface area (Å²) in [6, 6.07) is 0. The zero-order valence-electron chi connectivity index (χ0n) is 7.95. The van der Waals surface area contributed by atoms with Crippen LogP contribution in [-0.4, -0.2) is 14.2 Å². The van der Waals surface area contributed by atoms with Gasteiger partial charge in [0.1, 0.15) is 5.69 Å². The highest BCUT2D eigenvalue weighted by atomic mass is 32.1. The van der Waals surface area contributed by atoms with Gasteiger partial charge in [-0.25, -0.2) is 0 Å². The second-order valence-corrected chi connectivity index (χ2v) is 3.05. The Labute approximate surface area is 82.9 Å². The minimum atomic E-state index is 0.212. The van der Waals surface area contributed by atoms with E-state index in [4.69, 9.17) is 12.2 Å².